The van der Waals surface area contributed by atoms with Crippen molar-refractivity contribution in [1.29, 1.82) is 0 Å². The Balaban J connectivity index is 3.39. The van der Waals surface area contributed by atoms with E-state index in [9.17, 15) is 13.2 Å². The highest BCUT2D eigenvalue weighted by Crippen LogP contribution is 2.24. The fourth-order valence-corrected chi connectivity index (χ4v) is 0.818. The van der Waals surface area contributed by atoms with Crippen LogP contribution in [0.1, 0.15) is 13.3 Å². The number of hydrogen-bond donors (Lipinski definition) is 0. The monoisotopic (exact) mass is 238 g/mol. The van der Waals surface area contributed by atoms with Gasteiger partial charge in [-0.05, 0) is 0 Å². The van der Waals surface area contributed by atoms with Gasteiger partial charge in [-0.15, -0.1) is 0 Å². The van der Waals surface area contributed by atoms with Crippen LogP contribution in [0.3, 0.4) is 0 Å². The summed E-state index contributed by atoms with van der Waals surface area (Å²) in [6.45, 7) is 1.54. The van der Waals surface area contributed by atoms with Crippen LogP contribution in [0, 0.1) is 0 Å². The summed E-state index contributed by atoms with van der Waals surface area (Å²) in [5.41, 5.74) is 0. The molecule has 50 valence electrons. The predicted molar refractivity (Wildman–Crippen MR) is 34.2 cm³/mol. The van der Waals surface area contributed by atoms with E-state index >= 15 is 0 Å². The molecule has 0 N–H and O–H groups in total. The topological polar surface area (TPSA) is 0 Å². The van der Waals surface area contributed by atoms with Gasteiger partial charge in [-0.25, -0.2) is 0 Å². The largest absolute Gasteiger partial charge is 0.390 e. The van der Waals surface area contributed by atoms with E-state index in [0.717, 1.165) is 0 Å². The quantitative estimate of drug-likeness (QED) is 0.486. The molecule has 0 aromatic carbocycles. The fourth-order valence-electron chi connectivity index (χ4n) is 0.319. The first-order valence-electron chi connectivity index (χ1n) is 2.12. The first-order valence-corrected chi connectivity index (χ1v) is 3.37. The zero-order valence-corrected chi connectivity index (χ0v) is 6.45. The standard InChI is InChI=1S/C4H6F3I/c1-3(8)2-4(5,6)7/h3H,2H2,1H3. The fraction of sp³-hybridized carbons (Fsp3) is 1.00. The Bertz CT molecular complexity index is 66.2. The minimum absolute atomic E-state index is 0.312. The SMILES string of the molecule is CC(I)CC(F)(F)F. The van der Waals surface area contributed by atoms with E-state index in [1.165, 1.54) is 6.92 Å². The first-order chi connectivity index (χ1) is 3.42. The Morgan fingerprint density at radius 3 is 1.88 bits per heavy atom. The lowest BCUT2D eigenvalue weighted by atomic mass is 10.3. The van der Waals surface area contributed by atoms with Gasteiger partial charge >= 0.3 is 6.18 Å². The van der Waals surface area contributed by atoms with Crippen molar-refractivity contribution in [3.63, 3.8) is 0 Å². The van der Waals surface area contributed by atoms with Crippen molar-refractivity contribution in [2.45, 2.75) is 23.4 Å². The molecule has 0 aliphatic rings. The summed E-state index contributed by atoms with van der Waals surface area (Å²) in [5.74, 6) is 0. The van der Waals surface area contributed by atoms with Crippen LogP contribution < -0.4 is 0 Å². The average molecular weight is 238 g/mol. The molecular weight excluding hydrogens is 232 g/mol. The summed E-state index contributed by atoms with van der Waals surface area (Å²) in [6, 6.07) is 0. The minimum atomic E-state index is -3.99. The van der Waals surface area contributed by atoms with Crippen LogP contribution in [0.4, 0.5) is 13.2 Å². The molecular formula is C4H6F3I. The van der Waals surface area contributed by atoms with Gasteiger partial charge in [-0.2, -0.15) is 13.2 Å². The summed E-state index contributed by atoms with van der Waals surface area (Å²) in [6.07, 6.45) is -4.67. The Morgan fingerprint density at radius 1 is 1.50 bits per heavy atom. The van der Waals surface area contributed by atoms with E-state index in [4.69, 9.17) is 0 Å². The van der Waals surface area contributed by atoms with Crippen LogP contribution in [0.2, 0.25) is 0 Å². The van der Waals surface area contributed by atoms with Gasteiger partial charge in [0, 0.05) is 3.92 Å². The molecule has 0 nitrogen and oxygen atoms in total. The van der Waals surface area contributed by atoms with Crippen molar-refractivity contribution in [3.8, 4) is 0 Å². The molecule has 0 aromatic heterocycles. The molecule has 0 rings (SSSR count). The van der Waals surface area contributed by atoms with Gasteiger partial charge in [0.15, 0.2) is 0 Å². The maximum Gasteiger partial charge on any atom is 0.390 e. The number of hydrogen-bond acceptors (Lipinski definition) is 0. The molecule has 0 fully saturated rings. The highest BCUT2D eigenvalue weighted by Gasteiger charge is 2.28. The molecule has 0 saturated carbocycles. The lowest BCUT2D eigenvalue weighted by Gasteiger charge is -2.05. The van der Waals surface area contributed by atoms with E-state index in [0.29, 0.717) is 0 Å². The molecule has 0 amide bonds. The van der Waals surface area contributed by atoms with Crippen molar-refractivity contribution in [3.05, 3.63) is 0 Å². The molecule has 1 unspecified atom stereocenters. The zero-order chi connectivity index (χ0) is 6.78. The second kappa shape index (κ2) is 2.89. The third-order valence-electron chi connectivity index (χ3n) is 0.513. The Labute approximate surface area is 59.6 Å². The van der Waals surface area contributed by atoms with Crippen molar-refractivity contribution < 1.29 is 13.2 Å². The second-order valence-corrected chi connectivity index (χ2v) is 3.73. The average Bonchev–Trinajstić information content (AvgIpc) is 1.21. The highest BCUT2D eigenvalue weighted by atomic mass is 127. The number of halogens is 4. The van der Waals surface area contributed by atoms with Gasteiger partial charge in [0.05, 0.1) is 6.42 Å². The number of rotatable bonds is 1. The van der Waals surface area contributed by atoms with E-state index < -0.39 is 12.6 Å². The Hall–Kier alpha value is 0.520. The van der Waals surface area contributed by atoms with E-state index in [1.54, 1.807) is 22.6 Å². The van der Waals surface area contributed by atoms with Gasteiger partial charge in [-0.3, -0.25) is 0 Å². The maximum atomic E-state index is 11.3. The third-order valence-corrected chi connectivity index (χ3v) is 0.953. The molecule has 4 heteroatoms. The van der Waals surface area contributed by atoms with Gasteiger partial charge in [0.1, 0.15) is 0 Å². The van der Waals surface area contributed by atoms with Crippen LogP contribution in [-0.2, 0) is 0 Å². The molecule has 0 spiro atoms. The van der Waals surface area contributed by atoms with Crippen LogP contribution in [0.25, 0.3) is 0 Å². The maximum absolute atomic E-state index is 11.3. The summed E-state index contributed by atoms with van der Waals surface area (Å²) < 4.78 is 33.6. The second-order valence-electron chi connectivity index (χ2n) is 1.60. The van der Waals surface area contributed by atoms with Crippen LogP contribution in [0.5, 0.6) is 0 Å². The molecule has 0 heterocycles. The molecule has 0 radical (unpaired) electrons. The summed E-state index contributed by atoms with van der Waals surface area (Å²) >= 11 is 1.75. The van der Waals surface area contributed by atoms with Gasteiger partial charge < -0.3 is 0 Å². The predicted octanol–water partition coefficient (Wildman–Crippen LogP) is 2.76. The molecule has 1 atom stereocenters. The lowest BCUT2D eigenvalue weighted by Crippen LogP contribution is -2.11. The third kappa shape index (κ3) is 6.52. The zero-order valence-electron chi connectivity index (χ0n) is 4.30. The van der Waals surface area contributed by atoms with E-state index in [2.05, 4.69) is 0 Å². The van der Waals surface area contributed by atoms with Crippen molar-refractivity contribution in [2.24, 2.45) is 0 Å². The Kier molecular flexibility index (Phi) is 3.08. The summed E-state index contributed by atoms with van der Waals surface area (Å²) in [7, 11) is 0. The molecule has 0 aromatic rings. The molecule has 0 aliphatic carbocycles. The van der Waals surface area contributed by atoms with Crippen LogP contribution >= 0.6 is 22.6 Å². The van der Waals surface area contributed by atoms with Crippen molar-refractivity contribution in [2.75, 3.05) is 0 Å². The smallest absolute Gasteiger partial charge is 0.171 e. The van der Waals surface area contributed by atoms with E-state index in [1.807, 2.05) is 0 Å². The summed E-state index contributed by atoms with van der Waals surface area (Å²) in [4.78, 5) is 0. The van der Waals surface area contributed by atoms with Gasteiger partial charge in [0.2, 0.25) is 0 Å². The van der Waals surface area contributed by atoms with Crippen molar-refractivity contribution in [1.82, 2.24) is 0 Å². The summed E-state index contributed by atoms with van der Waals surface area (Å²) in [5, 5.41) is 0. The highest BCUT2D eigenvalue weighted by molar-refractivity contribution is 14.1. The van der Waals surface area contributed by atoms with E-state index in [-0.39, 0.29) is 3.92 Å². The molecule has 8 heavy (non-hydrogen) atoms. The van der Waals surface area contributed by atoms with Crippen LogP contribution in [0.15, 0.2) is 0 Å². The van der Waals surface area contributed by atoms with Crippen LogP contribution in [-0.4, -0.2) is 10.1 Å². The lowest BCUT2D eigenvalue weighted by molar-refractivity contribution is -0.132. The van der Waals surface area contributed by atoms with Crippen molar-refractivity contribution >= 4 is 22.6 Å². The Morgan fingerprint density at radius 2 is 1.88 bits per heavy atom. The minimum Gasteiger partial charge on any atom is -0.171 e. The number of alkyl halides is 4. The molecule has 0 aliphatic heterocycles. The normalized spacial score (nSPS) is 16.1. The molecule has 0 saturated heterocycles. The van der Waals surface area contributed by atoms with Gasteiger partial charge in [0.25, 0.3) is 0 Å². The first kappa shape index (κ1) is 8.52. The molecule has 0 bridgehead atoms. The van der Waals surface area contributed by atoms with Gasteiger partial charge in [-0.1, -0.05) is 29.5 Å².